The second kappa shape index (κ2) is 9.94. The summed E-state index contributed by atoms with van der Waals surface area (Å²) in [4.78, 5) is 23.0. The third-order valence-corrected chi connectivity index (χ3v) is 2.88. The van der Waals surface area contributed by atoms with E-state index in [4.69, 9.17) is 4.74 Å². The van der Waals surface area contributed by atoms with E-state index in [9.17, 15) is 9.59 Å². The molecular formula is C16H24N2O3. The van der Waals surface area contributed by atoms with E-state index in [0.29, 0.717) is 32.6 Å². The van der Waals surface area contributed by atoms with Crippen molar-refractivity contribution in [3.8, 4) is 0 Å². The fourth-order valence-electron chi connectivity index (χ4n) is 1.75. The molecule has 0 bridgehead atoms. The minimum absolute atomic E-state index is 0.0227. The maximum atomic E-state index is 11.5. The maximum absolute atomic E-state index is 11.5. The second-order valence-corrected chi connectivity index (χ2v) is 4.72. The largest absolute Gasteiger partial charge is 0.381 e. The molecule has 0 aliphatic rings. The molecular weight excluding hydrogens is 268 g/mol. The highest BCUT2D eigenvalue weighted by Crippen LogP contribution is 2.10. The van der Waals surface area contributed by atoms with Gasteiger partial charge in [-0.15, -0.1) is 0 Å². The second-order valence-electron chi connectivity index (χ2n) is 4.72. The Morgan fingerprint density at radius 3 is 2.38 bits per heavy atom. The number of carbonyl (C=O) groups excluding carboxylic acids is 2. The first-order valence-electron chi connectivity index (χ1n) is 7.39. The Morgan fingerprint density at radius 1 is 1.05 bits per heavy atom. The summed E-state index contributed by atoms with van der Waals surface area (Å²) < 4.78 is 5.13. The standard InChI is InChI=1S/C16H24N2O3/c1-3-5-16(20)18-14-8-6-13(7-9-14)12-17-15(19)10-11-21-4-2/h6-9H,3-5,10-12H2,1-2H3,(H,17,19)(H,18,20). The average molecular weight is 292 g/mol. The predicted molar refractivity (Wildman–Crippen MR) is 82.9 cm³/mol. The summed E-state index contributed by atoms with van der Waals surface area (Å²) in [6.45, 7) is 5.42. The lowest BCUT2D eigenvalue weighted by atomic mass is 10.2. The van der Waals surface area contributed by atoms with Crippen LogP contribution in [0.5, 0.6) is 0 Å². The lowest BCUT2D eigenvalue weighted by Gasteiger charge is -2.07. The van der Waals surface area contributed by atoms with E-state index in [1.807, 2.05) is 38.1 Å². The first-order chi connectivity index (χ1) is 10.2. The molecule has 0 fully saturated rings. The van der Waals surface area contributed by atoms with Crippen LogP contribution >= 0.6 is 0 Å². The highest BCUT2D eigenvalue weighted by atomic mass is 16.5. The molecule has 0 saturated carbocycles. The topological polar surface area (TPSA) is 67.4 Å². The van der Waals surface area contributed by atoms with E-state index in [0.717, 1.165) is 17.7 Å². The van der Waals surface area contributed by atoms with Crippen LogP contribution in [0.1, 0.15) is 38.7 Å². The van der Waals surface area contributed by atoms with Gasteiger partial charge in [0.15, 0.2) is 0 Å². The molecule has 0 aliphatic heterocycles. The molecule has 1 aromatic carbocycles. The first-order valence-corrected chi connectivity index (χ1v) is 7.39. The summed E-state index contributed by atoms with van der Waals surface area (Å²) >= 11 is 0. The molecule has 0 atom stereocenters. The van der Waals surface area contributed by atoms with Crippen molar-refractivity contribution in [2.24, 2.45) is 0 Å². The van der Waals surface area contributed by atoms with Gasteiger partial charge in [0.05, 0.1) is 6.61 Å². The number of hydrogen-bond acceptors (Lipinski definition) is 3. The van der Waals surface area contributed by atoms with Gasteiger partial charge in [-0.3, -0.25) is 9.59 Å². The molecule has 0 aromatic heterocycles. The summed E-state index contributed by atoms with van der Waals surface area (Å²) in [6, 6.07) is 7.47. The van der Waals surface area contributed by atoms with Crippen LogP contribution in [0.15, 0.2) is 24.3 Å². The van der Waals surface area contributed by atoms with Crippen LogP contribution in [-0.4, -0.2) is 25.0 Å². The SMILES string of the molecule is CCCC(=O)Nc1ccc(CNC(=O)CCOCC)cc1. The number of amides is 2. The zero-order valence-electron chi connectivity index (χ0n) is 12.8. The van der Waals surface area contributed by atoms with E-state index in [2.05, 4.69) is 10.6 Å². The third-order valence-electron chi connectivity index (χ3n) is 2.88. The van der Waals surface area contributed by atoms with Crippen LogP contribution in [0.4, 0.5) is 5.69 Å². The minimum Gasteiger partial charge on any atom is -0.381 e. The molecule has 0 radical (unpaired) electrons. The monoisotopic (exact) mass is 292 g/mol. The van der Waals surface area contributed by atoms with Crippen LogP contribution in [0.25, 0.3) is 0 Å². The summed E-state index contributed by atoms with van der Waals surface area (Å²) in [5.74, 6) is -0.00162. The Morgan fingerprint density at radius 2 is 1.76 bits per heavy atom. The van der Waals surface area contributed by atoms with E-state index in [-0.39, 0.29) is 11.8 Å². The van der Waals surface area contributed by atoms with Gasteiger partial charge in [-0.05, 0) is 31.0 Å². The van der Waals surface area contributed by atoms with Crippen LogP contribution in [-0.2, 0) is 20.9 Å². The molecule has 5 heteroatoms. The van der Waals surface area contributed by atoms with Gasteiger partial charge in [-0.25, -0.2) is 0 Å². The molecule has 0 aliphatic carbocycles. The molecule has 21 heavy (non-hydrogen) atoms. The molecule has 116 valence electrons. The maximum Gasteiger partial charge on any atom is 0.224 e. The molecule has 1 rings (SSSR count). The lowest BCUT2D eigenvalue weighted by molar-refractivity contribution is -0.122. The van der Waals surface area contributed by atoms with Crippen molar-refractivity contribution in [3.63, 3.8) is 0 Å². The molecule has 0 saturated heterocycles. The average Bonchev–Trinajstić information content (AvgIpc) is 2.47. The predicted octanol–water partition coefficient (Wildman–Crippen LogP) is 2.47. The Kier molecular flexibility index (Phi) is 8.12. The van der Waals surface area contributed by atoms with Gasteiger partial charge in [0.2, 0.25) is 11.8 Å². The van der Waals surface area contributed by atoms with Gasteiger partial charge >= 0.3 is 0 Å². The van der Waals surface area contributed by atoms with Crippen LogP contribution < -0.4 is 10.6 Å². The summed E-state index contributed by atoms with van der Waals surface area (Å²) in [7, 11) is 0. The number of anilines is 1. The third kappa shape index (κ3) is 7.46. The molecule has 0 heterocycles. The van der Waals surface area contributed by atoms with Crippen molar-refractivity contribution >= 4 is 17.5 Å². The number of rotatable bonds is 9. The fourth-order valence-corrected chi connectivity index (χ4v) is 1.75. The Hall–Kier alpha value is -1.88. The zero-order chi connectivity index (χ0) is 15.5. The van der Waals surface area contributed by atoms with E-state index < -0.39 is 0 Å². The quantitative estimate of drug-likeness (QED) is 0.687. The summed E-state index contributed by atoms with van der Waals surface area (Å²) in [6.07, 6.45) is 1.73. The number of ether oxygens (including phenoxy) is 1. The van der Waals surface area contributed by atoms with Crippen LogP contribution in [0.2, 0.25) is 0 Å². The molecule has 5 nitrogen and oxygen atoms in total. The van der Waals surface area contributed by atoms with Crippen molar-refractivity contribution in [2.45, 2.75) is 39.7 Å². The minimum atomic E-state index is -0.0243. The van der Waals surface area contributed by atoms with Gasteiger partial charge in [-0.2, -0.15) is 0 Å². The van der Waals surface area contributed by atoms with Crippen molar-refractivity contribution in [1.82, 2.24) is 5.32 Å². The van der Waals surface area contributed by atoms with Crippen molar-refractivity contribution in [3.05, 3.63) is 29.8 Å². The highest BCUT2D eigenvalue weighted by molar-refractivity contribution is 5.90. The van der Waals surface area contributed by atoms with E-state index in [1.165, 1.54) is 0 Å². The Balaban J connectivity index is 2.33. The van der Waals surface area contributed by atoms with Crippen LogP contribution in [0, 0.1) is 0 Å². The smallest absolute Gasteiger partial charge is 0.224 e. The lowest BCUT2D eigenvalue weighted by Crippen LogP contribution is -2.23. The number of hydrogen-bond donors (Lipinski definition) is 2. The Labute approximate surface area is 126 Å². The molecule has 0 spiro atoms. The van der Waals surface area contributed by atoms with Gasteiger partial charge in [0.25, 0.3) is 0 Å². The molecule has 0 unspecified atom stereocenters. The van der Waals surface area contributed by atoms with Crippen molar-refractivity contribution in [1.29, 1.82) is 0 Å². The van der Waals surface area contributed by atoms with Gasteiger partial charge in [-0.1, -0.05) is 19.1 Å². The Bertz CT molecular complexity index is 443. The van der Waals surface area contributed by atoms with E-state index in [1.54, 1.807) is 0 Å². The van der Waals surface area contributed by atoms with Crippen LogP contribution in [0.3, 0.4) is 0 Å². The summed E-state index contributed by atoms with van der Waals surface area (Å²) in [5, 5.41) is 5.66. The van der Waals surface area contributed by atoms with Gasteiger partial charge in [0.1, 0.15) is 0 Å². The number of benzene rings is 1. The zero-order valence-corrected chi connectivity index (χ0v) is 12.8. The highest BCUT2D eigenvalue weighted by Gasteiger charge is 2.03. The van der Waals surface area contributed by atoms with Gasteiger partial charge < -0.3 is 15.4 Å². The van der Waals surface area contributed by atoms with Gasteiger partial charge in [0, 0.05) is 31.7 Å². The van der Waals surface area contributed by atoms with E-state index >= 15 is 0 Å². The fraction of sp³-hybridized carbons (Fsp3) is 0.500. The molecule has 1 aromatic rings. The summed E-state index contributed by atoms with van der Waals surface area (Å²) in [5.41, 5.74) is 1.77. The molecule has 2 N–H and O–H groups in total. The molecule has 2 amide bonds. The number of carbonyl (C=O) groups is 2. The number of nitrogens with one attached hydrogen (secondary N) is 2. The normalized spacial score (nSPS) is 10.2. The van der Waals surface area contributed by atoms with Crippen molar-refractivity contribution < 1.29 is 14.3 Å². The van der Waals surface area contributed by atoms with Crippen molar-refractivity contribution in [2.75, 3.05) is 18.5 Å². The first kappa shape index (κ1) is 17.2.